The number of nitrogens with zero attached hydrogens (tertiary/aromatic N) is 5. The van der Waals surface area contributed by atoms with E-state index in [1.165, 1.54) is 0 Å². The second kappa shape index (κ2) is 8.29. The largest absolute Gasteiger partial charge is 0.449 e. The first-order valence-electron chi connectivity index (χ1n) is 9.73. The van der Waals surface area contributed by atoms with Crippen LogP contribution in [-0.4, -0.2) is 46.4 Å². The molecule has 0 aromatic carbocycles. The van der Waals surface area contributed by atoms with Crippen molar-refractivity contribution >= 4 is 17.4 Å². The van der Waals surface area contributed by atoms with Crippen LogP contribution in [0.2, 0.25) is 0 Å². The van der Waals surface area contributed by atoms with Gasteiger partial charge in [-0.3, -0.25) is 4.90 Å². The third kappa shape index (κ3) is 3.77. The molecule has 0 unspecified atom stereocenters. The van der Waals surface area contributed by atoms with E-state index < -0.39 is 0 Å². The highest BCUT2D eigenvalue weighted by Crippen LogP contribution is 2.27. The van der Waals surface area contributed by atoms with Crippen molar-refractivity contribution < 1.29 is 9.53 Å². The number of amides is 1. The van der Waals surface area contributed by atoms with Gasteiger partial charge >= 0.3 is 6.09 Å². The molecule has 1 fully saturated rings. The molecule has 1 saturated heterocycles. The second-order valence-electron chi connectivity index (χ2n) is 6.85. The topological polar surface area (TPSA) is 95.5 Å². The van der Waals surface area contributed by atoms with E-state index in [1.54, 1.807) is 40.9 Å². The number of hydrogen-bond donors (Lipinski definition) is 1. The third-order valence-electron chi connectivity index (χ3n) is 5.05. The summed E-state index contributed by atoms with van der Waals surface area (Å²) in [4.78, 5) is 19.2. The van der Waals surface area contributed by atoms with Gasteiger partial charge in [-0.05, 0) is 57.1 Å². The Hall–Kier alpha value is -3.44. The molecule has 1 aliphatic rings. The number of fused-ring (bicyclic) bond motifs is 1. The molecule has 8 nitrogen and oxygen atoms in total. The van der Waals surface area contributed by atoms with Crippen LogP contribution in [0.15, 0.2) is 42.7 Å². The van der Waals surface area contributed by atoms with Crippen LogP contribution in [0.3, 0.4) is 0 Å². The highest BCUT2D eigenvalue weighted by molar-refractivity contribution is 5.88. The van der Waals surface area contributed by atoms with Crippen molar-refractivity contribution in [1.29, 1.82) is 5.26 Å². The van der Waals surface area contributed by atoms with Crippen LogP contribution in [0.4, 0.5) is 10.6 Å². The monoisotopic (exact) mass is 390 g/mol. The van der Waals surface area contributed by atoms with Crippen LogP contribution in [0, 0.1) is 11.3 Å². The van der Waals surface area contributed by atoms with Gasteiger partial charge in [-0.1, -0.05) is 6.07 Å². The van der Waals surface area contributed by atoms with Gasteiger partial charge in [0.05, 0.1) is 35.6 Å². The lowest BCUT2D eigenvalue weighted by Crippen LogP contribution is -2.47. The summed E-state index contributed by atoms with van der Waals surface area (Å²) < 4.78 is 7.03. The van der Waals surface area contributed by atoms with Gasteiger partial charge < -0.3 is 10.1 Å². The van der Waals surface area contributed by atoms with Crippen LogP contribution in [0.1, 0.15) is 25.3 Å². The quantitative estimate of drug-likeness (QED) is 0.736. The second-order valence-corrected chi connectivity index (χ2v) is 6.85. The molecule has 1 aliphatic heterocycles. The normalized spacial score (nSPS) is 14.5. The Morgan fingerprint density at radius 1 is 1.38 bits per heavy atom. The fourth-order valence-electron chi connectivity index (χ4n) is 3.64. The van der Waals surface area contributed by atoms with Crippen LogP contribution < -0.4 is 10.2 Å². The number of pyridine rings is 2. The zero-order chi connectivity index (χ0) is 20.2. The lowest BCUT2D eigenvalue weighted by atomic mass is 10.1. The summed E-state index contributed by atoms with van der Waals surface area (Å²) in [5.41, 5.74) is 2.84. The minimum atomic E-state index is -0.379. The maximum absolute atomic E-state index is 12.7. The van der Waals surface area contributed by atoms with E-state index in [4.69, 9.17) is 9.72 Å². The summed E-state index contributed by atoms with van der Waals surface area (Å²) in [5.74, 6) is 0.559. The van der Waals surface area contributed by atoms with Gasteiger partial charge in [0.2, 0.25) is 0 Å². The van der Waals surface area contributed by atoms with Gasteiger partial charge in [-0.15, -0.1) is 0 Å². The maximum Gasteiger partial charge on any atom is 0.415 e. The van der Waals surface area contributed by atoms with Crippen molar-refractivity contribution in [2.45, 2.75) is 25.8 Å². The zero-order valence-corrected chi connectivity index (χ0v) is 16.2. The number of nitriles is 1. The van der Waals surface area contributed by atoms with E-state index in [1.807, 2.05) is 18.2 Å². The van der Waals surface area contributed by atoms with E-state index in [0.29, 0.717) is 23.7 Å². The molecule has 1 amide bonds. The molecule has 4 rings (SSSR count). The van der Waals surface area contributed by atoms with Gasteiger partial charge in [0.25, 0.3) is 0 Å². The minimum absolute atomic E-state index is 0.0344. The average molecular weight is 390 g/mol. The molecule has 1 N–H and O–H groups in total. The lowest BCUT2D eigenvalue weighted by molar-refractivity contribution is 0.155. The predicted molar refractivity (Wildman–Crippen MR) is 109 cm³/mol. The molecule has 8 heteroatoms. The van der Waals surface area contributed by atoms with Gasteiger partial charge in [0.1, 0.15) is 5.82 Å². The first-order chi connectivity index (χ1) is 14.2. The molecule has 148 valence electrons. The molecule has 0 aliphatic carbocycles. The van der Waals surface area contributed by atoms with E-state index in [2.05, 4.69) is 16.5 Å². The van der Waals surface area contributed by atoms with Gasteiger partial charge in [-0.25, -0.2) is 14.3 Å². The molecule has 0 saturated carbocycles. The summed E-state index contributed by atoms with van der Waals surface area (Å²) >= 11 is 0. The van der Waals surface area contributed by atoms with Crippen molar-refractivity contribution in [1.82, 2.24) is 19.9 Å². The molecule has 0 bridgehead atoms. The number of aromatic nitrogens is 3. The first-order valence-corrected chi connectivity index (χ1v) is 9.73. The number of rotatable bonds is 4. The Morgan fingerprint density at radius 3 is 2.97 bits per heavy atom. The van der Waals surface area contributed by atoms with E-state index in [9.17, 15) is 10.1 Å². The Morgan fingerprint density at radius 2 is 2.21 bits per heavy atom. The fraction of sp³-hybridized carbons (Fsp3) is 0.333. The van der Waals surface area contributed by atoms with Gasteiger partial charge in [-0.2, -0.15) is 10.4 Å². The van der Waals surface area contributed by atoms with Crippen molar-refractivity contribution in [3.05, 3.63) is 48.3 Å². The standard InChI is InChI=1S/C21H22N6O2/c1-2-29-21(28)27(16-6-9-23-10-7-16)20-5-3-4-18(25-20)17-14-24-26-11-8-15(13-22)12-19(17)26/h3-5,8,11-12,14,16,23H,2,6-7,9-10H2,1H3. The zero-order valence-electron chi connectivity index (χ0n) is 16.2. The van der Waals surface area contributed by atoms with E-state index in [0.717, 1.165) is 37.0 Å². The Kier molecular flexibility index (Phi) is 5.40. The number of nitrogens with one attached hydrogen (secondary N) is 1. The number of hydrogen-bond acceptors (Lipinski definition) is 6. The molecule has 29 heavy (non-hydrogen) atoms. The van der Waals surface area contributed by atoms with Crippen molar-refractivity contribution in [3.8, 4) is 17.3 Å². The minimum Gasteiger partial charge on any atom is -0.449 e. The molecule has 0 spiro atoms. The number of carbonyl (C=O) groups excluding carboxylic acids is 1. The lowest BCUT2D eigenvalue weighted by Gasteiger charge is -2.33. The SMILES string of the molecule is CCOC(=O)N(c1cccc(-c2cnn3ccc(C#N)cc23)n1)C1CCNCC1. The number of ether oxygens (including phenoxy) is 1. The summed E-state index contributed by atoms with van der Waals surface area (Å²) in [5, 5.41) is 16.9. The molecular formula is C21H22N6O2. The van der Waals surface area contributed by atoms with E-state index in [-0.39, 0.29) is 12.1 Å². The molecular weight excluding hydrogens is 368 g/mol. The third-order valence-corrected chi connectivity index (χ3v) is 5.05. The Labute approximate surface area is 168 Å². The van der Waals surface area contributed by atoms with Crippen LogP contribution in [0.5, 0.6) is 0 Å². The maximum atomic E-state index is 12.7. The van der Waals surface area contributed by atoms with Crippen molar-refractivity contribution in [3.63, 3.8) is 0 Å². The Bertz CT molecular complexity index is 1060. The van der Waals surface area contributed by atoms with Gasteiger partial charge in [0, 0.05) is 17.8 Å². The number of anilines is 1. The Balaban J connectivity index is 1.75. The summed E-state index contributed by atoms with van der Waals surface area (Å²) in [6, 6.07) is 11.3. The molecule has 3 aromatic rings. The smallest absolute Gasteiger partial charge is 0.415 e. The highest BCUT2D eigenvalue weighted by Gasteiger charge is 2.29. The molecule has 0 atom stereocenters. The molecule has 4 heterocycles. The molecule has 0 radical (unpaired) electrons. The van der Waals surface area contributed by atoms with E-state index >= 15 is 0 Å². The summed E-state index contributed by atoms with van der Waals surface area (Å²) in [6.07, 6.45) is 4.78. The predicted octanol–water partition coefficient (Wildman–Crippen LogP) is 2.98. The van der Waals surface area contributed by atoms with Gasteiger partial charge in [0.15, 0.2) is 0 Å². The highest BCUT2D eigenvalue weighted by atomic mass is 16.6. The first kappa shape index (κ1) is 18.9. The van der Waals surface area contributed by atoms with Crippen molar-refractivity contribution in [2.75, 3.05) is 24.6 Å². The summed E-state index contributed by atoms with van der Waals surface area (Å²) in [6.45, 7) is 3.82. The number of carbonyl (C=O) groups is 1. The summed E-state index contributed by atoms with van der Waals surface area (Å²) in [7, 11) is 0. The average Bonchev–Trinajstić information content (AvgIpc) is 3.18. The van der Waals surface area contributed by atoms with Crippen molar-refractivity contribution in [2.24, 2.45) is 0 Å². The number of piperidine rings is 1. The van der Waals surface area contributed by atoms with Crippen LogP contribution in [-0.2, 0) is 4.74 Å². The van der Waals surface area contributed by atoms with Crippen LogP contribution in [0.25, 0.3) is 16.8 Å². The fourth-order valence-corrected chi connectivity index (χ4v) is 3.64. The molecule has 3 aromatic heterocycles. The van der Waals surface area contributed by atoms with Crippen LogP contribution >= 0.6 is 0 Å².